The standard InChI is InChI=1S/C18H25N3O3/c22-17(19-15-7-3-1-4-8-15)20-11-13-21(14-12-20)18(23)24-16-9-5-2-6-10-16/h2,5-6,9-10,15H,1,3-4,7-8,11-14H2,(H,19,22). The third-order valence-corrected chi connectivity index (χ3v) is 4.71. The molecule has 0 bridgehead atoms. The Morgan fingerprint density at radius 2 is 1.54 bits per heavy atom. The number of nitrogens with one attached hydrogen (secondary N) is 1. The van der Waals surface area contributed by atoms with E-state index in [4.69, 9.17) is 4.74 Å². The molecule has 2 aliphatic rings. The minimum atomic E-state index is -0.353. The van der Waals surface area contributed by atoms with Crippen LogP contribution in [-0.2, 0) is 0 Å². The quantitative estimate of drug-likeness (QED) is 0.906. The van der Waals surface area contributed by atoms with E-state index in [1.807, 2.05) is 18.2 Å². The predicted molar refractivity (Wildman–Crippen MR) is 91.0 cm³/mol. The molecule has 0 aromatic heterocycles. The summed E-state index contributed by atoms with van der Waals surface area (Å²) in [7, 11) is 0. The first-order valence-electron chi connectivity index (χ1n) is 8.79. The Balaban J connectivity index is 1.43. The van der Waals surface area contributed by atoms with Gasteiger partial charge in [0.25, 0.3) is 0 Å². The second-order valence-electron chi connectivity index (χ2n) is 6.44. The van der Waals surface area contributed by atoms with Crippen molar-refractivity contribution in [3.8, 4) is 5.75 Å². The fourth-order valence-corrected chi connectivity index (χ4v) is 3.26. The Kier molecular flexibility index (Phi) is 5.56. The molecule has 6 nitrogen and oxygen atoms in total. The molecule has 24 heavy (non-hydrogen) atoms. The predicted octanol–water partition coefficient (Wildman–Crippen LogP) is 2.85. The highest BCUT2D eigenvalue weighted by molar-refractivity contribution is 5.75. The average Bonchev–Trinajstić information content (AvgIpc) is 2.63. The number of hydrogen-bond donors (Lipinski definition) is 1. The van der Waals surface area contributed by atoms with Crippen LogP contribution < -0.4 is 10.1 Å². The van der Waals surface area contributed by atoms with E-state index in [0.29, 0.717) is 38.0 Å². The zero-order valence-corrected chi connectivity index (χ0v) is 13.9. The van der Waals surface area contributed by atoms with E-state index in [9.17, 15) is 9.59 Å². The number of amides is 3. The van der Waals surface area contributed by atoms with Gasteiger partial charge in [-0.1, -0.05) is 37.5 Å². The van der Waals surface area contributed by atoms with E-state index in [-0.39, 0.29) is 12.1 Å². The van der Waals surface area contributed by atoms with Crippen LogP contribution in [0.25, 0.3) is 0 Å². The van der Waals surface area contributed by atoms with Crippen molar-refractivity contribution in [3.05, 3.63) is 30.3 Å². The third kappa shape index (κ3) is 4.40. The maximum Gasteiger partial charge on any atom is 0.415 e. The van der Waals surface area contributed by atoms with Crippen LogP contribution in [0.3, 0.4) is 0 Å². The summed E-state index contributed by atoms with van der Waals surface area (Å²) in [5.41, 5.74) is 0. The first-order valence-corrected chi connectivity index (χ1v) is 8.79. The van der Waals surface area contributed by atoms with Crippen molar-refractivity contribution >= 4 is 12.1 Å². The van der Waals surface area contributed by atoms with Crippen molar-refractivity contribution in [2.24, 2.45) is 0 Å². The van der Waals surface area contributed by atoms with Crippen molar-refractivity contribution in [2.45, 2.75) is 38.1 Å². The maximum atomic E-state index is 12.3. The zero-order valence-electron chi connectivity index (χ0n) is 13.9. The lowest BCUT2D eigenvalue weighted by atomic mass is 9.96. The van der Waals surface area contributed by atoms with Crippen LogP contribution in [0.1, 0.15) is 32.1 Å². The van der Waals surface area contributed by atoms with Gasteiger partial charge < -0.3 is 19.9 Å². The highest BCUT2D eigenvalue weighted by Gasteiger charge is 2.26. The first kappa shape index (κ1) is 16.6. The number of nitrogens with zero attached hydrogens (tertiary/aromatic N) is 2. The van der Waals surface area contributed by atoms with Gasteiger partial charge in [0.05, 0.1) is 0 Å². The van der Waals surface area contributed by atoms with Gasteiger partial charge in [-0.3, -0.25) is 0 Å². The Morgan fingerprint density at radius 1 is 0.917 bits per heavy atom. The van der Waals surface area contributed by atoms with E-state index in [1.165, 1.54) is 19.3 Å². The van der Waals surface area contributed by atoms with Crippen molar-refractivity contribution in [1.29, 1.82) is 0 Å². The van der Waals surface area contributed by atoms with E-state index in [1.54, 1.807) is 21.9 Å². The van der Waals surface area contributed by atoms with Gasteiger partial charge in [0.15, 0.2) is 0 Å². The van der Waals surface area contributed by atoms with Gasteiger partial charge in [0.2, 0.25) is 0 Å². The third-order valence-electron chi connectivity index (χ3n) is 4.71. The van der Waals surface area contributed by atoms with Crippen LogP contribution in [0.4, 0.5) is 9.59 Å². The second kappa shape index (κ2) is 8.04. The molecule has 1 aliphatic carbocycles. The largest absolute Gasteiger partial charge is 0.415 e. The number of ether oxygens (including phenoxy) is 1. The second-order valence-corrected chi connectivity index (χ2v) is 6.44. The molecule has 3 amide bonds. The number of piperazine rings is 1. The number of rotatable bonds is 2. The molecule has 3 rings (SSSR count). The topological polar surface area (TPSA) is 61.9 Å². The summed E-state index contributed by atoms with van der Waals surface area (Å²) in [4.78, 5) is 27.9. The van der Waals surface area contributed by atoms with E-state index >= 15 is 0 Å². The molecule has 6 heteroatoms. The SMILES string of the molecule is O=C(NC1CCCCC1)N1CCN(C(=O)Oc2ccccc2)CC1. The average molecular weight is 331 g/mol. The van der Waals surface area contributed by atoms with Crippen LogP contribution in [0, 0.1) is 0 Å². The van der Waals surface area contributed by atoms with Gasteiger partial charge in [-0.25, -0.2) is 9.59 Å². The molecule has 2 fully saturated rings. The van der Waals surface area contributed by atoms with Gasteiger partial charge in [0, 0.05) is 32.2 Å². The molecule has 130 valence electrons. The summed E-state index contributed by atoms with van der Waals surface area (Å²) in [6.07, 6.45) is 5.47. The molecule has 1 saturated heterocycles. The first-order chi connectivity index (χ1) is 11.7. The molecule has 1 aromatic rings. The van der Waals surface area contributed by atoms with Crippen molar-refractivity contribution in [1.82, 2.24) is 15.1 Å². The van der Waals surface area contributed by atoms with Crippen molar-refractivity contribution < 1.29 is 14.3 Å². The lowest BCUT2D eigenvalue weighted by Gasteiger charge is -2.35. The van der Waals surface area contributed by atoms with E-state index in [0.717, 1.165) is 12.8 Å². The molecule has 1 heterocycles. The van der Waals surface area contributed by atoms with Crippen LogP contribution in [0.2, 0.25) is 0 Å². The number of carbonyl (C=O) groups excluding carboxylic acids is 2. The molecule has 0 spiro atoms. The van der Waals surface area contributed by atoms with Gasteiger partial charge >= 0.3 is 12.1 Å². The molecular weight excluding hydrogens is 306 g/mol. The number of para-hydroxylation sites is 1. The van der Waals surface area contributed by atoms with Crippen LogP contribution in [0.15, 0.2) is 30.3 Å². The van der Waals surface area contributed by atoms with E-state index in [2.05, 4.69) is 5.32 Å². The van der Waals surface area contributed by atoms with Gasteiger partial charge in [-0.15, -0.1) is 0 Å². The molecule has 1 aromatic carbocycles. The van der Waals surface area contributed by atoms with Gasteiger partial charge in [0.1, 0.15) is 5.75 Å². The Labute approximate surface area is 142 Å². The normalized spacial score (nSPS) is 19.0. The number of urea groups is 1. The molecular formula is C18H25N3O3. The van der Waals surface area contributed by atoms with E-state index < -0.39 is 0 Å². The summed E-state index contributed by atoms with van der Waals surface area (Å²) in [5.74, 6) is 0.542. The monoisotopic (exact) mass is 331 g/mol. The molecule has 0 atom stereocenters. The fraction of sp³-hybridized carbons (Fsp3) is 0.556. The Bertz CT molecular complexity index is 550. The van der Waals surface area contributed by atoms with Crippen molar-refractivity contribution in [2.75, 3.05) is 26.2 Å². The minimum absolute atomic E-state index is 0.00187. The summed E-state index contributed by atoms with van der Waals surface area (Å²) in [5, 5.41) is 3.12. The Morgan fingerprint density at radius 3 is 2.21 bits per heavy atom. The minimum Gasteiger partial charge on any atom is -0.410 e. The highest BCUT2D eigenvalue weighted by Crippen LogP contribution is 2.18. The van der Waals surface area contributed by atoms with Crippen molar-refractivity contribution in [3.63, 3.8) is 0 Å². The molecule has 1 aliphatic heterocycles. The summed E-state index contributed by atoms with van der Waals surface area (Å²) < 4.78 is 5.34. The zero-order chi connectivity index (χ0) is 16.8. The lowest BCUT2D eigenvalue weighted by molar-refractivity contribution is 0.115. The number of benzene rings is 1. The fourth-order valence-electron chi connectivity index (χ4n) is 3.26. The number of carbonyl (C=O) groups is 2. The Hall–Kier alpha value is -2.24. The lowest BCUT2D eigenvalue weighted by Crippen LogP contribution is -2.55. The molecule has 1 N–H and O–H groups in total. The number of hydrogen-bond acceptors (Lipinski definition) is 3. The van der Waals surface area contributed by atoms with Gasteiger partial charge in [-0.2, -0.15) is 0 Å². The highest BCUT2D eigenvalue weighted by atomic mass is 16.6. The smallest absolute Gasteiger partial charge is 0.410 e. The molecule has 0 unspecified atom stereocenters. The maximum absolute atomic E-state index is 12.3. The molecule has 1 saturated carbocycles. The van der Waals surface area contributed by atoms with Crippen LogP contribution in [0.5, 0.6) is 5.75 Å². The molecule has 0 radical (unpaired) electrons. The summed E-state index contributed by atoms with van der Waals surface area (Å²) in [6.45, 7) is 2.10. The van der Waals surface area contributed by atoms with Crippen LogP contribution in [-0.4, -0.2) is 54.1 Å². The summed E-state index contributed by atoms with van der Waals surface area (Å²) >= 11 is 0. The van der Waals surface area contributed by atoms with Gasteiger partial charge in [-0.05, 0) is 25.0 Å². The van der Waals surface area contributed by atoms with Crippen LogP contribution >= 0.6 is 0 Å². The summed E-state index contributed by atoms with van der Waals surface area (Å²) in [6, 6.07) is 9.36.